The van der Waals surface area contributed by atoms with Crippen LogP contribution in [0, 0.1) is 0 Å². The lowest BCUT2D eigenvalue weighted by Crippen LogP contribution is -2.33. The molecule has 2 unspecified atom stereocenters. The lowest BCUT2D eigenvalue weighted by molar-refractivity contribution is -0.143. The van der Waals surface area contributed by atoms with Crippen molar-refractivity contribution in [2.45, 2.75) is 18.6 Å². The molecule has 5 nitrogen and oxygen atoms in total. The molecular formula is C11H15NO4. The third-order valence-corrected chi connectivity index (χ3v) is 2.28. The smallest absolute Gasteiger partial charge is 0.322 e. The minimum absolute atomic E-state index is 0.00421. The van der Waals surface area contributed by atoms with Crippen LogP contribution in [0.25, 0.3) is 0 Å². The Morgan fingerprint density at radius 3 is 2.69 bits per heavy atom. The summed E-state index contributed by atoms with van der Waals surface area (Å²) in [6.45, 7) is 0. The molecule has 2 atom stereocenters. The van der Waals surface area contributed by atoms with E-state index in [9.17, 15) is 15.0 Å². The van der Waals surface area contributed by atoms with E-state index < -0.39 is 18.1 Å². The van der Waals surface area contributed by atoms with E-state index in [2.05, 4.69) is 4.74 Å². The number of phenols is 1. The number of methoxy groups -OCH3 is 1. The summed E-state index contributed by atoms with van der Waals surface area (Å²) in [5.74, 6) is -0.610. The van der Waals surface area contributed by atoms with Crippen LogP contribution in [0.1, 0.15) is 18.1 Å². The van der Waals surface area contributed by atoms with Crippen molar-refractivity contribution in [2.24, 2.45) is 5.73 Å². The van der Waals surface area contributed by atoms with Crippen molar-refractivity contribution in [2.75, 3.05) is 7.11 Å². The van der Waals surface area contributed by atoms with Crippen molar-refractivity contribution in [3.05, 3.63) is 29.8 Å². The molecule has 0 aliphatic rings. The van der Waals surface area contributed by atoms with Gasteiger partial charge in [0, 0.05) is 12.0 Å². The first kappa shape index (κ1) is 12.5. The fourth-order valence-electron chi connectivity index (χ4n) is 1.38. The number of carbonyl (C=O) groups is 1. The number of aliphatic hydroxyl groups is 1. The number of phenolic OH excluding ortho intramolecular Hbond substituents is 1. The highest BCUT2D eigenvalue weighted by atomic mass is 16.5. The molecule has 0 fully saturated rings. The molecule has 1 rings (SSSR count). The van der Waals surface area contributed by atoms with Crippen LogP contribution in [0.5, 0.6) is 5.75 Å². The zero-order valence-electron chi connectivity index (χ0n) is 8.96. The summed E-state index contributed by atoms with van der Waals surface area (Å²) in [5, 5.41) is 19.2. The van der Waals surface area contributed by atoms with Gasteiger partial charge in [-0.15, -0.1) is 0 Å². The number of aliphatic hydroxyl groups excluding tert-OH is 1. The Morgan fingerprint density at radius 1 is 1.50 bits per heavy atom. The van der Waals surface area contributed by atoms with Gasteiger partial charge in [0.1, 0.15) is 11.8 Å². The Morgan fingerprint density at radius 2 is 2.12 bits per heavy atom. The predicted molar refractivity (Wildman–Crippen MR) is 57.7 cm³/mol. The van der Waals surface area contributed by atoms with E-state index in [0.717, 1.165) is 0 Å². The summed E-state index contributed by atoms with van der Waals surface area (Å²) in [6, 6.07) is 5.46. The minimum atomic E-state index is -0.990. The quantitative estimate of drug-likeness (QED) is 0.641. The van der Waals surface area contributed by atoms with Crippen molar-refractivity contribution in [3.63, 3.8) is 0 Å². The van der Waals surface area contributed by atoms with Gasteiger partial charge < -0.3 is 20.7 Å². The largest absolute Gasteiger partial charge is 0.508 e. The molecule has 0 saturated carbocycles. The number of hydrogen-bond acceptors (Lipinski definition) is 5. The van der Waals surface area contributed by atoms with Crippen LogP contribution < -0.4 is 5.73 Å². The van der Waals surface area contributed by atoms with Crippen LogP contribution in [0.2, 0.25) is 0 Å². The zero-order chi connectivity index (χ0) is 12.1. The maximum absolute atomic E-state index is 11.0. The van der Waals surface area contributed by atoms with E-state index >= 15 is 0 Å². The van der Waals surface area contributed by atoms with Crippen molar-refractivity contribution in [1.82, 2.24) is 0 Å². The van der Waals surface area contributed by atoms with E-state index in [4.69, 9.17) is 5.73 Å². The Labute approximate surface area is 93.5 Å². The van der Waals surface area contributed by atoms with Crippen molar-refractivity contribution >= 4 is 5.97 Å². The standard InChI is InChI=1S/C11H15NO4/c1-16-11(15)8(12)6-10(14)7-4-2-3-5-9(7)13/h2-5,8,10,13-14H,6,12H2,1H3. The van der Waals surface area contributed by atoms with Gasteiger partial charge in [-0.05, 0) is 6.07 Å². The summed E-state index contributed by atoms with van der Waals surface area (Å²) >= 11 is 0. The van der Waals surface area contributed by atoms with E-state index in [-0.39, 0.29) is 12.2 Å². The highest BCUT2D eigenvalue weighted by Crippen LogP contribution is 2.26. The Hall–Kier alpha value is -1.59. The first-order valence-electron chi connectivity index (χ1n) is 4.85. The number of esters is 1. The molecule has 5 heteroatoms. The average Bonchev–Trinajstić information content (AvgIpc) is 2.28. The number of nitrogens with two attached hydrogens (primary N) is 1. The van der Waals surface area contributed by atoms with Crippen LogP contribution in [0.4, 0.5) is 0 Å². The minimum Gasteiger partial charge on any atom is -0.508 e. The highest BCUT2D eigenvalue weighted by molar-refractivity contribution is 5.75. The molecule has 16 heavy (non-hydrogen) atoms. The predicted octanol–water partition coefficient (Wildman–Crippen LogP) is 0.316. The van der Waals surface area contributed by atoms with Crippen LogP contribution >= 0.6 is 0 Å². The summed E-state index contributed by atoms with van der Waals surface area (Å²) < 4.78 is 4.44. The van der Waals surface area contributed by atoms with Crippen molar-refractivity contribution in [1.29, 1.82) is 0 Å². The first-order chi connectivity index (χ1) is 7.56. The van der Waals surface area contributed by atoms with E-state index in [1.54, 1.807) is 18.2 Å². The van der Waals surface area contributed by atoms with Gasteiger partial charge in [-0.3, -0.25) is 4.79 Å². The molecule has 0 aliphatic heterocycles. The highest BCUT2D eigenvalue weighted by Gasteiger charge is 2.21. The van der Waals surface area contributed by atoms with Crippen LogP contribution in [0.3, 0.4) is 0 Å². The summed E-state index contributed by atoms with van der Waals surface area (Å²) in [4.78, 5) is 11.0. The number of rotatable bonds is 4. The van der Waals surface area contributed by atoms with Gasteiger partial charge in [0.2, 0.25) is 0 Å². The Kier molecular flexibility index (Phi) is 4.28. The molecule has 88 valence electrons. The van der Waals surface area contributed by atoms with Gasteiger partial charge in [0.15, 0.2) is 0 Å². The second-order valence-electron chi connectivity index (χ2n) is 3.44. The van der Waals surface area contributed by atoms with Gasteiger partial charge in [0.05, 0.1) is 13.2 Å². The molecule has 0 bridgehead atoms. The molecule has 0 spiro atoms. The lowest BCUT2D eigenvalue weighted by atomic mass is 10.0. The number of aromatic hydroxyl groups is 1. The van der Waals surface area contributed by atoms with E-state index in [1.807, 2.05) is 0 Å². The Bertz CT molecular complexity index is 367. The van der Waals surface area contributed by atoms with Gasteiger partial charge in [-0.1, -0.05) is 18.2 Å². The Balaban J connectivity index is 2.69. The summed E-state index contributed by atoms with van der Waals surface area (Å²) in [7, 11) is 1.23. The van der Waals surface area contributed by atoms with Crippen LogP contribution in [-0.4, -0.2) is 29.3 Å². The van der Waals surface area contributed by atoms with Crippen molar-refractivity contribution < 1.29 is 19.7 Å². The molecule has 0 saturated heterocycles. The summed E-state index contributed by atoms with van der Waals surface area (Å²) in [5.41, 5.74) is 5.85. The number of ether oxygens (including phenoxy) is 1. The molecular weight excluding hydrogens is 210 g/mol. The first-order valence-corrected chi connectivity index (χ1v) is 4.85. The monoisotopic (exact) mass is 225 g/mol. The number of hydrogen-bond donors (Lipinski definition) is 3. The fraction of sp³-hybridized carbons (Fsp3) is 0.364. The average molecular weight is 225 g/mol. The molecule has 1 aromatic carbocycles. The number of para-hydroxylation sites is 1. The van der Waals surface area contributed by atoms with Gasteiger partial charge in [-0.2, -0.15) is 0 Å². The maximum Gasteiger partial charge on any atom is 0.322 e. The van der Waals surface area contributed by atoms with Gasteiger partial charge in [0.25, 0.3) is 0 Å². The SMILES string of the molecule is COC(=O)C(N)CC(O)c1ccccc1O. The molecule has 0 heterocycles. The molecule has 4 N–H and O–H groups in total. The topological polar surface area (TPSA) is 92.8 Å². The third-order valence-electron chi connectivity index (χ3n) is 2.28. The molecule has 0 aromatic heterocycles. The number of carbonyl (C=O) groups excluding carboxylic acids is 1. The van der Waals surface area contributed by atoms with Crippen LogP contribution in [0.15, 0.2) is 24.3 Å². The summed E-state index contributed by atoms with van der Waals surface area (Å²) in [6.07, 6.45) is -0.986. The zero-order valence-corrected chi connectivity index (χ0v) is 8.96. The third kappa shape index (κ3) is 2.95. The van der Waals surface area contributed by atoms with Crippen LogP contribution in [-0.2, 0) is 9.53 Å². The lowest BCUT2D eigenvalue weighted by Gasteiger charge is -2.15. The van der Waals surface area contributed by atoms with E-state index in [0.29, 0.717) is 5.56 Å². The normalized spacial score (nSPS) is 14.2. The fourth-order valence-corrected chi connectivity index (χ4v) is 1.38. The molecule has 0 aliphatic carbocycles. The van der Waals surface area contributed by atoms with Crippen molar-refractivity contribution in [3.8, 4) is 5.75 Å². The molecule has 0 radical (unpaired) electrons. The number of benzene rings is 1. The second-order valence-corrected chi connectivity index (χ2v) is 3.44. The van der Waals surface area contributed by atoms with Gasteiger partial charge >= 0.3 is 5.97 Å². The van der Waals surface area contributed by atoms with Gasteiger partial charge in [-0.25, -0.2) is 0 Å². The second kappa shape index (κ2) is 5.48. The van der Waals surface area contributed by atoms with E-state index in [1.165, 1.54) is 13.2 Å². The molecule has 0 amide bonds. The molecule has 1 aromatic rings. The maximum atomic E-state index is 11.0.